The quantitative estimate of drug-likeness (QED) is 0.780. The maximum absolute atomic E-state index is 12.7. The van der Waals surface area contributed by atoms with Gasteiger partial charge in [-0.1, -0.05) is 13.8 Å². The average molecular weight is 270 g/mol. The molecule has 1 saturated carbocycles. The average Bonchev–Trinajstić information content (AvgIpc) is 2.85. The van der Waals surface area contributed by atoms with Crippen LogP contribution in [-0.4, -0.2) is 53.4 Å². The van der Waals surface area contributed by atoms with Gasteiger partial charge in [0, 0.05) is 25.0 Å². The number of likely N-dealkylation sites (tertiary alicyclic amines) is 1. The van der Waals surface area contributed by atoms with E-state index < -0.39 is 5.54 Å². The lowest BCUT2D eigenvalue weighted by atomic mass is 9.54. The molecule has 19 heavy (non-hydrogen) atoms. The molecule has 110 valence electrons. The minimum Gasteiger partial charge on any atom is -0.394 e. The molecule has 1 amide bonds. The van der Waals surface area contributed by atoms with Gasteiger partial charge in [0.1, 0.15) is 5.54 Å². The second-order valence-corrected chi connectivity index (χ2v) is 6.32. The number of aliphatic hydroxyl groups is 1. The van der Waals surface area contributed by atoms with Crippen molar-refractivity contribution in [1.29, 1.82) is 0 Å². The highest BCUT2D eigenvalue weighted by Crippen LogP contribution is 2.51. The first-order valence-electron chi connectivity index (χ1n) is 7.21. The Bertz CT molecular complexity index is 359. The number of nitrogens with two attached hydrogens (primary N) is 1. The van der Waals surface area contributed by atoms with Crippen molar-refractivity contribution < 1.29 is 14.6 Å². The molecule has 0 aromatic carbocycles. The summed E-state index contributed by atoms with van der Waals surface area (Å²) in [7, 11) is 0. The molecule has 2 fully saturated rings. The number of rotatable bonds is 4. The van der Waals surface area contributed by atoms with Crippen molar-refractivity contribution in [3.05, 3.63) is 0 Å². The fourth-order valence-electron chi connectivity index (χ4n) is 3.35. The predicted octanol–water partition coefficient (Wildman–Crippen LogP) is 0.502. The van der Waals surface area contributed by atoms with E-state index in [0.717, 1.165) is 12.8 Å². The van der Waals surface area contributed by atoms with Crippen LogP contribution in [0.3, 0.4) is 0 Å². The number of nitrogens with zero attached hydrogens (tertiary/aromatic N) is 1. The van der Waals surface area contributed by atoms with Crippen LogP contribution in [0, 0.1) is 5.41 Å². The van der Waals surface area contributed by atoms with Gasteiger partial charge >= 0.3 is 0 Å². The van der Waals surface area contributed by atoms with Crippen LogP contribution in [-0.2, 0) is 9.53 Å². The van der Waals surface area contributed by atoms with Crippen molar-refractivity contribution in [2.45, 2.75) is 57.7 Å². The smallest absolute Gasteiger partial charge is 0.243 e. The highest BCUT2D eigenvalue weighted by molar-refractivity contribution is 5.89. The molecule has 5 heteroatoms. The lowest BCUT2D eigenvalue weighted by molar-refractivity contribution is -0.180. The van der Waals surface area contributed by atoms with E-state index in [1.807, 2.05) is 20.8 Å². The Labute approximate surface area is 115 Å². The molecule has 1 heterocycles. The molecule has 2 rings (SSSR count). The first kappa shape index (κ1) is 14.8. The SMILES string of the molecule is CCOC1CC(N)(C(=O)N2CCC[C@@H]2CO)C1(C)C. The molecule has 2 unspecified atom stereocenters. The summed E-state index contributed by atoms with van der Waals surface area (Å²) in [5, 5.41) is 9.35. The summed E-state index contributed by atoms with van der Waals surface area (Å²) in [6.07, 6.45) is 2.43. The number of hydrogen-bond acceptors (Lipinski definition) is 4. The molecule has 0 bridgehead atoms. The normalized spacial score (nSPS) is 37.2. The highest BCUT2D eigenvalue weighted by atomic mass is 16.5. The molecular formula is C14H26N2O3. The van der Waals surface area contributed by atoms with Crippen LogP contribution >= 0.6 is 0 Å². The number of aliphatic hydroxyl groups excluding tert-OH is 1. The zero-order chi connectivity index (χ0) is 14.3. The van der Waals surface area contributed by atoms with Gasteiger partial charge < -0.3 is 20.5 Å². The lowest BCUT2D eigenvalue weighted by Gasteiger charge is -2.58. The summed E-state index contributed by atoms with van der Waals surface area (Å²) in [6.45, 7) is 7.32. The van der Waals surface area contributed by atoms with Crippen molar-refractivity contribution >= 4 is 5.91 Å². The maximum atomic E-state index is 12.7. The molecule has 2 aliphatic rings. The number of carbonyl (C=O) groups excluding carboxylic acids is 1. The fraction of sp³-hybridized carbons (Fsp3) is 0.929. The molecule has 1 aliphatic heterocycles. The largest absolute Gasteiger partial charge is 0.394 e. The van der Waals surface area contributed by atoms with E-state index >= 15 is 0 Å². The van der Waals surface area contributed by atoms with E-state index in [9.17, 15) is 9.90 Å². The Kier molecular flexibility index (Phi) is 3.91. The molecule has 0 aromatic heterocycles. The zero-order valence-electron chi connectivity index (χ0n) is 12.2. The Morgan fingerprint density at radius 3 is 2.74 bits per heavy atom. The van der Waals surface area contributed by atoms with Crippen LogP contribution in [0.2, 0.25) is 0 Å². The predicted molar refractivity (Wildman–Crippen MR) is 72.6 cm³/mol. The summed E-state index contributed by atoms with van der Waals surface area (Å²) in [5.41, 5.74) is 5.17. The summed E-state index contributed by atoms with van der Waals surface area (Å²) in [5.74, 6) is -0.0231. The molecular weight excluding hydrogens is 244 g/mol. The van der Waals surface area contributed by atoms with Gasteiger partial charge in [0.25, 0.3) is 0 Å². The van der Waals surface area contributed by atoms with Crippen LogP contribution in [0.5, 0.6) is 0 Å². The minimum absolute atomic E-state index is 0.0231. The van der Waals surface area contributed by atoms with Crippen molar-refractivity contribution in [2.75, 3.05) is 19.8 Å². The summed E-state index contributed by atoms with van der Waals surface area (Å²) < 4.78 is 5.65. The molecule has 5 nitrogen and oxygen atoms in total. The lowest BCUT2D eigenvalue weighted by Crippen LogP contribution is -2.76. The monoisotopic (exact) mass is 270 g/mol. The van der Waals surface area contributed by atoms with Gasteiger partial charge in [-0.25, -0.2) is 0 Å². The molecule has 0 radical (unpaired) electrons. The van der Waals surface area contributed by atoms with Crippen LogP contribution in [0.1, 0.15) is 40.0 Å². The standard InChI is InChI=1S/C14H26N2O3/c1-4-19-11-8-14(15,13(11,2)3)12(18)16-7-5-6-10(16)9-17/h10-11,17H,4-9,15H2,1-3H3/t10-,11?,14?/m1/s1. The Hall–Kier alpha value is -0.650. The number of carbonyl (C=O) groups is 1. The molecule has 3 atom stereocenters. The van der Waals surface area contributed by atoms with E-state index in [1.165, 1.54) is 0 Å². The number of hydrogen-bond donors (Lipinski definition) is 2. The summed E-state index contributed by atoms with van der Waals surface area (Å²) in [6, 6.07) is -0.0603. The van der Waals surface area contributed by atoms with Crippen molar-refractivity contribution in [3.63, 3.8) is 0 Å². The summed E-state index contributed by atoms with van der Waals surface area (Å²) in [4.78, 5) is 14.5. The first-order chi connectivity index (χ1) is 8.88. The van der Waals surface area contributed by atoms with E-state index in [-0.39, 0.29) is 30.1 Å². The third kappa shape index (κ3) is 2.08. The third-order valence-corrected chi connectivity index (χ3v) is 5.06. The third-order valence-electron chi connectivity index (χ3n) is 5.06. The van der Waals surface area contributed by atoms with Gasteiger partial charge in [-0.2, -0.15) is 0 Å². The van der Waals surface area contributed by atoms with E-state index in [1.54, 1.807) is 4.90 Å². The molecule has 1 aliphatic carbocycles. The van der Waals surface area contributed by atoms with Crippen LogP contribution < -0.4 is 5.73 Å². The van der Waals surface area contributed by atoms with Crippen molar-refractivity contribution in [1.82, 2.24) is 4.90 Å². The molecule has 0 spiro atoms. The Morgan fingerprint density at radius 2 is 2.21 bits per heavy atom. The minimum atomic E-state index is -0.857. The van der Waals surface area contributed by atoms with Crippen molar-refractivity contribution in [2.24, 2.45) is 11.1 Å². The van der Waals surface area contributed by atoms with Crippen molar-refractivity contribution in [3.8, 4) is 0 Å². The van der Waals surface area contributed by atoms with Gasteiger partial charge in [0.2, 0.25) is 5.91 Å². The van der Waals surface area contributed by atoms with Gasteiger partial charge in [0.05, 0.1) is 18.8 Å². The second kappa shape index (κ2) is 5.04. The fourth-order valence-corrected chi connectivity index (χ4v) is 3.35. The summed E-state index contributed by atoms with van der Waals surface area (Å²) >= 11 is 0. The van der Waals surface area contributed by atoms with Gasteiger partial charge in [0.15, 0.2) is 0 Å². The molecule has 0 aromatic rings. The zero-order valence-corrected chi connectivity index (χ0v) is 12.2. The number of ether oxygens (including phenoxy) is 1. The van der Waals surface area contributed by atoms with Crippen LogP contribution in [0.4, 0.5) is 0 Å². The van der Waals surface area contributed by atoms with Crippen LogP contribution in [0.25, 0.3) is 0 Å². The first-order valence-corrected chi connectivity index (χ1v) is 7.21. The van der Waals surface area contributed by atoms with Gasteiger partial charge in [-0.05, 0) is 19.8 Å². The molecule has 3 N–H and O–H groups in total. The topological polar surface area (TPSA) is 75.8 Å². The van der Waals surface area contributed by atoms with E-state index in [2.05, 4.69) is 0 Å². The van der Waals surface area contributed by atoms with E-state index in [0.29, 0.717) is 19.6 Å². The Morgan fingerprint density at radius 1 is 1.53 bits per heavy atom. The maximum Gasteiger partial charge on any atom is 0.243 e. The van der Waals surface area contributed by atoms with Crippen LogP contribution in [0.15, 0.2) is 0 Å². The molecule has 1 saturated heterocycles. The van der Waals surface area contributed by atoms with E-state index in [4.69, 9.17) is 10.5 Å². The number of amides is 1. The second-order valence-electron chi connectivity index (χ2n) is 6.32. The van der Waals surface area contributed by atoms with Gasteiger partial charge in [-0.3, -0.25) is 4.79 Å². The highest BCUT2D eigenvalue weighted by Gasteiger charge is 2.64. The van der Waals surface area contributed by atoms with Gasteiger partial charge in [-0.15, -0.1) is 0 Å². The Balaban J connectivity index is 2.11.